The molecular weight excluding hydrogens is 595 g/mol. The van der Waals surface area contributed by atoms with Crippen LogP contribution in [0.4, 0.5) is 0 Å². The predicted octanol–water partition coefficient (Wildman–Crippen LogP) is 5.09. The van der Waals surface area contributed by atoms with Crippen molar-refractivity contribution >= 4 is 67.4 Å². The van der Waals surface area contributed by atoms with Gasteiger partial charge < -0.3 is 10.2 Å². The van der Waals surface area contributed by atoms with E-state index in [1.54, 1.807) is 0 Å². The Morgan fingerprint density at radius 2 is 1.29 bits per heavy atom. The molecule has 7 nitrogen and oxygen atoms in total. The normalized spacial score (nSPS) is 17.3. The second kappa shape index (κ2) is 10.9. The molecule has 0 radical (unpaired) electrons. The van der Waals surface area contributed by atoms with Gasteiger partial charge in [-0.1, -0.05) is 113 Å². The van der Waals surface area contributed by atoms with E-state index in [1.807, 2.05) is 60.7 Å². The highest BCUT2D eigenvalue weighted by molar-refractivity contribution is 8.25. The molecule has 41 heavy (non-hydrogen) atoms. The minimum atomic E-state index is -0.401. The van der Waals surface area contributed by atoms with Gasteiger partial charge in [0.05, 0.1) is 26.9 Å². The molecule has 208 valence electrons. The van der Waals surface area contributed by atoms with E-state index in [-0.39, 0.29) is 30.2 Å². The second-order valence-electron chi connectivity index (χ2n) is 10.1. The lowest BCUT2D eigenvalue weighted by molar-refractivity contribution is -0.270. The van der Waals surface area contributed by atoms with Crippen LogP contribution in [0, 0.1) is 0 Å². The average molecular weight is 620 g/mol. The van der Waals surface area contributed by atoms with Crippen LogP contribution in [0.2, 0.25) is 0 Å². The van der Waals surface area contributed by atoms with Crippen molar-refractivity contribution in [1.82, 2.24) is 14.6 Å². The molecule has 0 spiro atoms. The van der Waals surface area contributed by atoms with Gasteiger partial charge >= 0.3 is 3.98 Å². The summed E-state index contributed by atoms with van der Waals surface area (Å²) in [6, 6.07) is 19.1. The molecule has 0 aliphatic carbocycles. The summed E-state index contributed by atoms with van der Waals surface area (Å²) in [6.07, 6.45) is 3.47. The van der Waals surface area contributed by atoms with Gasteiger partial charge in [0, 0.05) is 22.4 Å². The fraction of sp³-hybridized carbons (Fsp3) is 0.233. The van der Waals surface area contributed by atoms with Crippen LogP contribution in [-0.2, 0) is 22.7 Å². The number of hydrazine groups is 1. The quantitative estimate of drug-likeness (QED) is 0.195. The van der Waals surface area contributed by atoms with E-state index >= 15 is 0 Å². The number of amides is 2. The molecule has 3 aromatic carbocycles. The van der Waals surface area contributed by atoms with Crippen LogP contribution in [0.15, 0.2) is 80.3 Å². The maximum absolute atomic E-state index is 13.9. The van der Waals surface area contributed by atoms with E-state index in [1.165, 1.54) is 39.1 Å². The van der Waals surface area contributed by atoms with Gasteiger partial charge in [0.15, 0.2) is 0 Å². The minimum Gasteiger partial charge on any atom is -0.871 e. The zero-order valence-electron chi connectivity index (χ0n) is 21.9. The molecule has 1 N–H and O–H groups in total. The lowest BCUT2D eigenvalue weighted by Crippen LogP contribution is -2.39. The number of aromatic hydroxyl groups is 1. The Bertz CT molecular complexity index is 1670. The number of nitrogens with zero attached hydrogens (tertiary/aromatic N) is 3. The van der Waals surface area contributed by atoms with Gasteiger partial charge in [-0.25, -0.2) is 14.6 Å². The van der Waals surface area contributed by atoms with Crippen molar-refractivity contribution in [3.8, 4) is 11.5 Å². The van der Waals surface area contributed by atoms with Gasteiger partial charge in [0.1, 0.15) is 24.4 Å². The van der Waals surface area contributed by atoms with Crippen molar-refractivity contribution in [3.63, 3.8) is 0 Å². The molecular formula is C30H25N3O4S4. The smallest absolute Gasteiger partial charge is 0.315 e. The number of phenolic OH excluding ortho intramolecular Hbond substituents is 1. The van der Waals surface area contributed by atoms with Crippen LogP contribution in [0.1, 0.15) is 30.4 Å². The van der Waals surface area contributed by atoms with Crippen molar-refractivity contribution in [2.24, 2.45) is 0 Å². The highest BCUT2D eigenvalue weighted by atomic mass is 32.2. The monoisotopic (exact) mass is 619 g/mol. The van der Waals surface area contributed by atoms with Gasteiger partial charge in [-0.15, -0.1) is 0 Å². The molecule has 0 atom stereocenters. The molecule has 2 fully saturated rings. The number of thioether (sulfide) groups is 2. The van der Waals surface area contributed by atoms with Crippen molar-refractivity contribution < 1.29 is 19.8 Å². The Morgan fingerprint density at radius 1 is 0.756 bits per heavy atom. The summed E-state index contributed by atoms with van der Waals surface area (Å²) in [5, 5.41) is 27.9. The fourth-order valence-corrected chi connectivity index (χ4v) is 10.7. The van der Waals surface area contributed by atoms with Crippen LogP contribution in [-0.4, -0.2) is 40.0 Å². The summed E-state index contributed by atoms with van der Waals surface area (Å²) in [5.74, 6) is -0.888. The van der Waals surface area contributed by atoms with Gasteiger partial charge in [-0.3, -0.25) is 9.59 Å². The van der Waals surface area contributed by atoms with E-state index in [0.29, 0.717) is 23.4 Å². The molecule has 3 aliphatic heterocycles. The van der Waals surface area contributed by atoms with Crippen LogP contribution < -0.4 is 13.7 Å². The van der Waals surface area contributed by atoms with E-state index in [0.717, 1.165) is 64.6 Å². The first-order valence-corrected chi connectivity index (χ1v) is 16.6. The number of carbonyl (C=O) groups is 2. The highest BCUT2D eigenvalue weighted by Crippen LogP contribution is 2.61. The van der Waals surface area contributed by atoms with E-state index < -0.39 is 11.8 Å². The summed E-state index contributed by atoms with van der Waals surface area (Å²) in [4.78, 5) is 28.6. The summed E-state index contributed by atoms with van der Waals surface area (Å²) in [6.45, 7) is 2.40. The second-order valence-corrected chi connectivity index (χ2v) is 14.6. The highest BCUT2D eigenvalue weighted by Gasteiger charge is 2.45. The average Bonchev–Trinajstić information content (AvgIpc) is 3.70. The molecule has 7 rings (SSSR count). The molecule has 0 saturated carbocycles. The summed E-state index contributed by atoms with van der Waals surface area (Å²) >= 11 is 5.17. The molecule has 0 unspecified atom stereocenters. The number of carbonyl (C=O) groups excluding carboxylic acids is 2. The van der Waals surface area contributed by atoms with E-state index in [4.69, 9.17) is 0 Å². The van der Waals surface area contributed by atoms with E-state index in [9.17, 15) is 19.8 Å². The van der Waals surface area contributed by atoms with Gasteiger partial charge in [0.2, 0.25) is 0 Å². The number of benzene rings is 3. The Morgan fingerprint density at radius 3 is 1.88 bits per heavy atom. The topological polar surface area (TPSA) is 86.9 Å². The third-order valence-corrected chi connectivity index (χ3v) is 12.7. The lowest BCUT2D eigenvalue weighted by atomic mass is 10.2. The standard InChI is InChI=1S/C30H25N3O4S4/c34-21-23-24(22(35)26-25(21)40-30(41-26)31-14-8-3-9-15-31)39-29(38-23)20-27(36)32(16-18-10-4-1-5-11-18)33(28(20)37)17-19-12-6-2-7-13-19/h1-2,4-7,10-13H,3,8-9,14-17H2,(H-,34,35). The first-order valence-electron chi connectivity index (χ1n) is 13.4. The molecule has 0 bridgehead atoms. The van der Waals surface area contributed by atoms with Gasteiger partial charge in [0.25, 0.3) is 11.8 Å². The number of hydrogen-bond acceptors (Lipinski definition) is 8. The summed E-state index contributed by atoms with van der Waals surface area (Å²) in [5.41, 5.74) is 1.85. The number of piperidine rings is 1. The molecule has 3 aliphatic rings. The summed E-state index contributed by atoms with van der Waals surface area (Å²) in [7, 11) is 0. The van der Waals surface area contributed by atoms with Gasteiger partial charge in [-0.2, -0.15) is 0 Å². The minimum absolute atomic E-state index is 0.0443. The van der Waals surface area contributed by atoms with Gasteiger partial charge in [-0.05, 0) is 17.5 Å². The SMILES string of the molecule is O=C1C(=C2Sc3c(c(O)c4sc(=[N+]5CCCCC5)sc4c3[O-])S2)C(=O)N(Cc2ccccc2)N1Cc1ccccc1. The van der Waals surface area contributed by atoms with Crippen molar-refractivity contribution in [2.75, 3.05) is 13.1 Å². The largest absolute Gasteiger partial charge is 0.871 e. The zero-order chi connectivity index (χ0) is 28.1. The van der Waals surface area contributed by atoms with Crippen molar-refractivity contribution in [1.29, 1.82) is 0 Å². The number of hydrogen-bond donors (Lipinski definition) is 1. The first kappa shape index (κ1) is 26.6. The Labute approximate surface area is 253 Å². The van der Waals surface area contributed by atoms with Crippen LogP contribution in [0.5, 0.6) is 11.5 Å². The Balaban J connectivity index is 1.28. The predicted molar refractivity (Wildman–Crippen MR) is 162 cm³/mol. The first-order chi connectivity index (χ1) is 20.0. The lowest BCUT2D eigenvalue weighted by Gasteiger charge is -2.27. The molecule has 4 aromatic rings. The molecule has 2 saturated heterocycles. The van der Waals surface area contributed by atoms with E-state index in [2.05, 4.69) is 4.58 Å². The van der Waals surface area contributed by atoms with Crippen molar-refractivity contribution in [3.05, 3.63) is 85.6 Å². The van der Waals surface area contributed by atoms with Crippen LogP contribution in [0.3, 0.4) is 0 Å². The maximum atomic E-state index is 13.9. The van der Waals surface area contributed by atoms with Crippen LogP contribution >= 0.6 is 46.2 Å². The summed E-state index contributed by atoms with van der Waals surface area (Å²) < 4.78 is 4.90. The Kier molecular flexibility index (Phi) is 7.06. The zero-order valence-corrected chi connectivity index (χ0v) is 25.1. The maximum Gasteiger partial charge on any atom is 0.315 e. The molecule has 4 heterocycles. The third kappa shape index (κ3) is 4.74. The third-order valence-electron chi connectivity index (χ3n) is 7.38. The fourth-order valence-electron chi connectivity index (χ4n) is 5.28. The number of phenols is 1. The van der Waals surface area contributed by atoms with Crippen molar-refractivity contribution in [2.45, 2.75) is 42.1 Å². The van der Waals surface area contributed by atoms with Crippen LogP contribution in [0.25, 0.3) is 9.40 Å². The molecule has 11 heteroatoms. The number of fused-ring (bicyclic) bond motifs is 2. The number of rotatable bonds is 4. The molecule has 2 amide bonds. The molecule has 1 aromatic heterocycles. The Hall–Kier alpha value is -3.25.